The highest BCUT2D eigenvalue weighted by Crippen LogP contribution is 2.28. The third kappa shape index (κ3) is 6.33. The molecule has 0 atom stereocenters. The molecule has 0 saturated carbocycles. The molecule has 0 N–H and O–H groups in total. The van der Waals surface area contributed by atoms with Crippen molar-refractivity contribution in [1.82, 2.24) is 0 Å². The predicted molar refractivity (Wildman–Crippen MR) is 96.5 cm³/mol. The Morgan fingerprint density at radius 3 is 1.72 bits per heavy atom. The minimum atomic E-state index is -4.05. The van der Waals surface area contributed by atoms with Gasteiger partial charge in [-0.25, -0.2) is 8.42 Å². The van der Waals surface area contributed by atoms with Gasteiger partial charge in [0.15, 0.2) is 0 Å². The van der Waals surface area contributed by atoms with Crippen molar-refractivity contribution >= 4 is 66.9 Å². The van der Waals surface area contributed by atoms with E-state index in [0.717, 1.165) is 18.2 Å². The highest BCUT2D eigenvalue weighted by Gasteiger charge is 2.18. The Balaban J connectivity index is 0.000000257. The van der Waals surface area contributed by atoms with Gasteiger partial charge in [-0.1, -0.05) is 23.2 Å². The van der Waals surface area contributed by atoms with Crippen molar-refractivity contribution < 1.29 is 18.3 Å². The third-order valence-corrected chi connectivity index (χ3v) is 5.16. The Labute approximate surface area is 161 Å². The van der Waals surface area contributed by atoms with Crippen molar-refractivity contribution in [1.29, 1.82) is 0 Å². The number of rotatable bonds is 3. The first-order chi connectivity index (χ1) is 11.4. The number of thiol groups is 1. The monoisotopic (exact) mass is 444 g/mol. The number of hydrogen-bond donors (Lipinski definition) is 1. The van der Waals surface area contributed by atoms with Crippen molar-refractivity contribution in [2.24, 2.45) is 0 Å². The van der Waals surface area contributed by atoms with E-state index in [9.17, 15) is 28.6 Å². The van der Waals surface area contributed by atoms with Gasteiger partial charge >= 0.3 is 0 Å². The number of benzene rings is 2. The maximum absolute atomic E-state index is 10.9. The Kier molecular flexibility index (Phi) is 7.44. The lowest BCUT2D eigenvalue weighted by atomic mass is 10.3. The quantitative estimate of drug-likeness (QED) is 0.316. The van der Waals surface area contributed by atoms with E-state index in [2.05, 4.69) is 12.6 Å². The predicted octanol–water partition coefficient (Wildman–Crippen LogP) is 4.71. The number of hydrogen-bond acceptors (Lipinski definition) is 7. The minimum Gasteiger partial charge on any atom is -0.258 e. The molecule has 2 rings (SSSR count). The van der Waals surface area contributed by atoms with Gasteiger partial charge in [-0.3, -0.25) is 20.2 Å². The summed E-state index contributed by atoms with van der Waals surface area (Å²) in [4.78, 5) is 19.2. The normalized spacial score (nSPS) is 10.6. The third-order valence-electron chi connectivity index (χ3n) is 2.53. The second kappa shape index (κ2) is 8.68. The molecule has 0 heterocycles. The van der Waals surface area contributed by atoms with Crippen LogP contribution in [0.25, 0.3) is 0 Å². The van der Waals surface area contributed by atoms with E-state index < -0.39 is 23.8 Å². The molecule has 0 aliphatic rings. The Bertz CT molecular complexity index is 936. The average molecular weight is 446 g/mol. The zero-order chi connectivity index (χ0) is 19.4. The summed E-state index contributed by atoms with van der Waals surface area (Å²) in [5, 5.41) is 20.8. The molecule has 134 valence electrons. The molecular formula is C12H7Cl3N2O6S2. The van der Waals surface area contributed by atoms with Crippen molar-refractivity contribution in [3.63, 3.8) is 0 Å². The van der Waals surface area contributed by atoms with E-state index in [1.165, 1.54) is 18.2 Å². The Morgan fingerprint density at radius 2 is 1.32 bits per heavy atom. The smallest absolute Gasteiger partial charge is 0.258 e. The number of non-ortho nitro benzene ring substituents is 2. The topological polar surface area (TPSA) is 120 Å². The zero-order valence-corrected chi connectivity index (χ0v) is 15.8. The summed E-state index contributed by atoms with van der Waals surface area (Å²) in [6.07, 6.45) is 0. The molecule has 0 amide bonds. The summed E-state index contributed by atoms with van der Waals surface area (Å²) in [6.45, 7) is 0. The molecule has 0 aliphatic carbocycles. The van der Waals surface area contributed by atoms with Crippen LogP contribution in [-0.2, 0) is 9.05 Å². The van der Waals surface area contributed by atoms with Crippen LogP contribution in [0.4, 0.5) is 11.4 Å². The van der Waals surface area contributed by atoms with Crippen LogP contribution in [0.1, 0.15) is 0 Å². The molecule has 0 aliphatic heterocycles. The van der Waals surface area contributed by atoms with Crippen molar-refractivity contribution in [3.8, 4) is 0 Å². The lowest BCUT2D eigenvalue weighted by molar-refractivity contribution is -0.385. The highest BCUT2D eigenvalue weighted by atomic mass is 35.7. The maximum atomic E-state index is 10.9. The van der Waals surface area contributed by atoms with Crippen LogP contribution in [0, 0.1) is 20.2 Å². The zero-order valence-electron chi connectivity index (χ0n) is 11.8. The first kappa shape index (κ1) is 21.5. The number of nitrogens with zero attached hydrogens (tertiary/aromatic N) is 2. The first-order valence-corrected chi connectivity index (χ1v) is 9.46. The average Bonchev–Trinajstić information content (AvgIpc) is 2.49. The molecule has 2 aromatic carbocycles. The maximum Gasteiger partial charge on any atom is 0.270 e. The molecule has 8 nitrogen and oxygen atoms in total. The van der Waals surface area contributed by atoms with Crippen LogP contribution in [0.15, 0.2) is 46.2 Å². The number of nitro groups is 2. The van der Waals surface area contributed by atoms with Gasteiger partial charge in [-0.15, -0.1) is 12.6 Å². The second-order valence-corrected chi connectivity index (χ2v) is 8.03. The summed E-state index contributed by atoms with van der Waals surface area (Å²) in [6, 6.07) is 7.10. The lowest BCUT2D eigenvalue weighted by Crippen LogP contribution is -1.95. The van der Waals surface area contributed by atoms with E-state index in [4.69, 9.17) is 33.9 Å². The van der Waals surface area contributed by atoms with E-state index >= 15 is 0 Å². The second-order valence-electron chi connectivity index (χ2n) is 4.20. The summed E-state index contributed by atoms with van der Waals surface area (Å²) >= 11 is 15.0. The summed E-state index contributed by atoms with van der Waals surface area (Å²) in [7, 11) is 0.952. The van der Waals surface area contributed by atoms with Gasteiger partial charge in [0, 0.05) is 39.8 Å². The summed E-state index contributed by atoms with van der Waals surface area (Å²) in [5.41, 5.74) is -0.381. The van der Waals surface area contributed by atoms with E-state index in [-0.39, 0.29) is 16.4 Å². The summed E-state index contributed by atoms with van der Waals surface area (Å²) < 4.78 is 21.8. The van der Waals surface area contributed by atoms with Crippen LogP contribution >= 0.6 is 46.5 Å². The molecule has 0 bridgehead atoms. The minimum absolute atomic E-state index is 0.000556. The fourth-order valence-electron chi connectivity index (χ4n) is 1.41. The Morgan fingerprint density at radius 1 is 0.880 bits per heavy atom. The van der Waals surface area contributed by atoms with Crippen molar-refractivity contribution in [2.75, 3.05) is 0 Å². The van der Waals surface area contributed by atoms with Gasteiger partial charge in [0.05, 0.1) is 19.9 Å². The van der Waals surface area contributed by atoms with Gasteiger partial charge in [0.25, 0.3) is 20.4 Å². The van der Waals surface area contributed by atoms with E-state index in [0.29, 0.717) is 9.92 Å². The molecule has 13 heteroatoms. The molecule has 0 fully saturated rings. The van der Waals surface area contributed by atoms with Gasteiger partial charge < -0.3 is 0 Å². The fraction of sp³-hybridized carbons (Fsp3) is 0. The van der Waals surface area contributed by atoms with Gasteiger partial charge in [-0.05, 0) is 12.1 Å². The van der Waals surface area contributed by atoms with Crippen LogP contribution in [0.3, 0.4) is 0 Å². The van der Waals surface area contributed by atoms with E-state index in [1.54, 1.807) is 0 Å². The van der Waals surface area contributed by atoms with Crippen molar-refractivity contribution in [3.05, 3.63) is 66.7 Å². The molecule has 0 unspecified atom stereocenters. The molecule has 0 saturated heterocycles. The van der Waals surface area contributed by atoms with E-state index in [1.807, 2.05) is 0 Å². The lowest BCUT2D eigenvalue weighted by Gasteiger charge is -1.98. The molecule has 0 radical (unpaired) electrons. The first-order valence-electron chi connectivity index (χ1n) is 5.95. The van der Waals surface area contributed by atoms with Crippen LogP contribution < -0.4 is 0 Å². The molecule has 0 aromatic heterocycles. The standard InChI is InChI=1S/C6H3Cl2NO4S.C6H4ClNO2S/c7-5-2-1-4(9(10)11)3-6(5)14(8,12)13;7-5-2-1-4(8(9)10)3-6(5)11/h1-3H;1-3,11H. The molecular weight excluding hydrogens is 439 g/mol. The highest BCUT2D eigenvalue weighted by molar-refractivity contribution is 8.13. The molecule has 25 heavy (non-hydrogen) atoms. The summed E-state index contributed by atoms with van der Waals surface area (Å²) in [5.74, 6) is 0. The number of nitro benzene ring substituents is 2. The largest absolute Gasteiger partial charge is 0.270 e. The molecule has 2 aromatic rings. The van der Waals surface area contributed by atoms with Crippen LogP contribution in [-0.4, -0.2) is 18.3 Å². The van der Waals surface area contributed by atoms with Crippen molar-refractivity contribution in [2.45, 2.75) is 9.79 Å². The molecule has 0 spiro atoms. The fourth-order valence-corrected chi connectivity index (χ4v) is 3.22. The van der Waals surface area contributed by atoms with Crippen LogP contribution in [0.5, 0.6) is 0 Å². The Hall–Kier alpha value is -1.59. The van der Waals surface area contributed by atoms with Gasteiger partial charge in [-0.2, -0.15) is 0 Å². The SMILES string of the molecule is O=[N+]([O-])c1ccc(Cl)c(S(=O)(=O)Cl)c1.O=[N+]([O-])c1ccc(Cl)c(S)c1. The van der Waals surface area contributed by atoms with Crippen LogP contribution in [0.2, 0.25) is 10.0 Å². The van der Waals surface area contributed by atoms with Gasteiger partial charge in [0.2, 0.25) is 0 Å². The number of halogens is 3. The van der Waals surface area contributed by atoms with Gasteiger partial charge in [0.1, 0.15) is 4.90 Å².